The highest BCUT2D eigenvalue weighted by Crippen LogP contribution is 2.18. The predicted molar refractivity (Wildman–Crippen MR) is 131 cm³/mol. The minimum atomic E-state index is -0.305. The molecule has 0 bridgehead atoms. The van der Waals surface area contributed by atoms with Crippen LogP contribution in [0.2, 0.25) is 0 Å². The Morgan fingerprint density at radius 3 is 2.36 bits per heavy atom. The summed E-state index contributed by atoms with van der Waals surface area (Å²) in [5.41, 5.74) is 8.42. The van der Waals surface area contributed by atoms with Crippen molar-refractivity contribution in [1.82, 2.24) is 14.9 Å². The Morgan fingerprint density at radius 2 is 1.70 bits per heavy atom. The van der Waals surface area contributed by atoms with Crippen molar-refractivity contribution in [1.29, 1.82) is 0 Å². The molecule has 1 aliphatic heterocycles. The number of carbonyl (C=O) groups is 1. The summed E-state index contributed by atoms with van der Waals surface area (Å²) in [7, 11) is 0. The van der Waals surface area contributed by atoms with Gasteiger partial charge in [0.25, 0.3) is 5.91 Å². The average molecular weight is 445 g/mol. The normalized spacial score (nSPS) is 15.5. The molecule has 2 aromatic carbocycles. The number of hydrogen-bond donors (Lipinski definition) is 3. The molecule has 8 nitrogen and oxygen atoms in total. The number of nitrogens with one attached hydrogen (secondary N) is 1. The smallest absolute Gasteiger partial charge is 0.258 e. The third kappa shape index (κ3) is 5.74. The molecule has 1 fully saturated rings. The van der Waals surface area contributed by atoms with E-state index < -0.39 is 0 Å². The molecule has 1 atom stereocenters. The lowest BCUT2D eigenvalue weighted by Gasteiger charge is -2.37. The van der Waals surface area contributed by atoms with Crippen LogP contribution in [-0.2, 0) is 0 Å². The fourth-order valence-corrected chi connectivity index (χ4v) is 3.75. The molecule has 0 saturated carbocycles. The summed E-state index contributed by atoms with van der Waals surface area (Å²) < 4.78 is 0. The van der Waals surface area contributed by atoms with Crippen molar-refractivity contribution in [2.45, 2.75) is 6.04 Å². The molecule has 0 aliphatic carbocycles. The molecule has 1 saturated heterocycles. The van der Waals surface area contributed by atoms with E-state index in [4.69, 9.17) is 5.73 Å². The van der Waals surface area contributed by atoms with Gasteiger partial charge in [0.05, 0.1) is 29.6 Å². The minimum absolute atomic E-state index is 0.0373. The Balaban J connectivity index is 1.32. The standard InChI is InChI=1S/C25H28N6O2/c26-22-8-4-5-9-23(22)29-24(33)20-16-27-25(28-17-20)31-14-12-30(13-15-31)21(18-32)11-10-19-6-2-1-3-7-19/h1-11,16-17,21,32H,12-15,18,26H2,(H,29,33)/b11-10+. The predicted octanol–water partition coefficient (Wildman–Crippen LogP) is 2.51. The van der Waals surface area contributed by atoms with Gasteiger partial charge in [0.1, 0.15) is 0 Å². The summed E-state index contributed by atoms with van der Waals surface area (Å²) in [6, 6.07) is 17.1. The van der Waals surface area contributed by atoms with E-state index in [2.05, 4.69) is 25.1 Å². The van der Waals surface area contributed by atoms with Crippen LogP contribution in [0.5, 0.6) is 0 Å². The van der Waals surface area contributed by atoms with Gasteiger partial charge >= 0.3 is 0 Å². The first-order chi connectivity index (χ1) is 16.1. The zero-order chi connectivity index (χ0) is 23.0. The second-order valence-electron chi connectivity index (χ2n) is 7.86. The van der Waals surface area contributed by atoms with Gasteiger partial charge in [-0.3, -0.25) is 9.69 Å². The quantitative estimate of drug-likeness (QED) is 0.481. The van der Waals surface area contributed by atoms with Gasteiger partial charge < -0.3 is 21.1 Å². The summed E-state index contributed by atoms with van der Waals surface area (Å²) >= 11 is 0. The second kappa shape index (κ2) is 10.7. The Labute approximate surface area is 193 Å². The molecule has 0 spiro atoms. The van der Waals surface area contributed by atoms with E-state index in [1.165, 1.54) is 12.4 Å². The van der Waals surface area contributed by atoms with E-state index >= 15 is 0 Å². The maximum absolute atomic E-state index is 12.5. The van der Waals surface area contributed by atoms with E-state index in [1.807, 2.05) is 54.6 Å². The molecule has 170 valence electrons. The summed E-state index contributed by atoms with van der Waals surface area (Å²) in [5, 5.41) is 12.6. The van der Waals surface area contributed by atoms with E-state index in [0.29, 0.717) is 22.9 Å². The number of piperazine rings is 1. The zero-order valence-electron chi connectivity index (χ0n) is 18.3. The van der Waals surface area contributed by atoms with Crippen LogP contribution in [-0.4, -0.2) is 64.7 Å². The lowest BCUT2D eigenvalue weighted by atomic mass is 10.1. The van der Waals surface area contributed by atoms with Crippen LogP contribution < -0.4 is 16.0 Å². The highest BCUT2D eigenvalue weighted by Gasteiger charge is 2.23. The molecule has 3 aromatic rings. The van der Waals surface area contributed by atoms with Crippen molar-refractivity contribution < 1.29 is 9.90 Å². The zero-order valence-corrected chi connectivity index (χ0v) is 18.3. The van der Waals surface area contributed by atoms with Gasteiger partial charge in [0.15, 0.2) is 0 Å². The fraction of sp³-hybridized carbons (Fsp3) is 0.240. The molecule has 1 aliphatic rings. The molecule has 8 heteroatoms. The molecule has 4 N–H and O–H groups in total. The first kappa shape index (κ1) is 22.4. The number of amides is 1. The first-order valence-corrected chi connectivity index (χ1v) is 10.9. The molecular weight excluding hydrogens is 416 g/mol. The van der Waals surface area contributed by atoms with Gasteiger partial charge in [-0.1, -0.05) is 54.6 Å². The van der Waals surface area contributed by atoms with Crippen molar-refractivity contribution in [2.75, 3.05) is 48.7 Å². The monoisotopic (exact) mass is 444 g/mol. The van der Waals surface area contributed by atoms with Gasteiger partial charge in [0, 0.05) is 38.6 Å². The number of para-hydroxylation sites is 2. The van der Waals surface area contributed by atoms with Crippen LogP contribution in [0.1, 0.15) is 15.9 Å². The molecule has 1 unspecified atom stereocenters. The second-order valence-corrected chi connectivity index (χ2v) is 7.86. The number of rotatable bonds is 7. The highest BCUT2D eigenvalue weighted by atomic mass is 16.3. The van der Waals surface area contributed by atoms with E-state index in [9.17, 15) is 9.90 Å². The average Bonchev–Trinajstić information content (AvgIpc) is 2.87. The topological polar surface area (TPSA) is 108 Å². The number of aliphatic hydroxyl groups is 1. The molecule has 33 heavy (non-hydrogen) atoms. The number of benzene rings is 2. The van der Waals surface area contributed by atoms with Crippen molar-refractivity contribution in [3.8, 4) is 0 Å². The number of nitrogens with two attached hydrogens (primary N) is 1. The molecular formula is C25H28N6O2. The number of aliphatic hydroxyl groups excluding tert-OH is 1. The third-order valence-corrected chi connectivity index (χ3v) is 5.67. The Bertz CT molecular complexity index is 1080. The number of aromatic nitrogens is 2. The van der Waals surface area contributed by atoms with Gasteiger partial charge in [-0.2, -0.15) is 0 Å². The van der Waals surface area contributed by atoms with Gasteiger partial charge in [-0.15, -0.1) is 0 Å². The van der Waals surface area contributed by atoms with Crippen LogP contribution in [0.15, 0.2) is 73.1 Å². The maximum atomic E-state index is 12.5. The molecule has 2 heterocycles. The summed E-state index contributed by atoms with van der Waals surface area (Å²) in [5.74, 6) is 0.283. The Morgan fingerprint density at radius 1 is 1.03 bits per heavy atom. The van der Waals surface area contributed by atoms with E-state index in [1.54, 1.807) is 12.1 Å². The van der Waals surface area contributed by atoms with Gasteiger partial charge in [0.2, 0.25) is 5.95 Å². The van der Waals surface area contributed by atoms with Crippen LogP contribution in [0.25, 0.3) is 6.08 Å². The molecule has 1 amide bonds. The highest BCUT2D eigenvalue weighted by molar-refractivity contribution is 6.05. The number of nitrogen functional groups attached to an aromatic ring is 1. The van der Waals surface area contributed by atoms with Crippen LogP contribution in [0, 0.1) is 0 Å². The fourth-order valence-electron chi connectivity index (χ4n) is 3.75. The number of carbonyl (C=O) groups excluding carboxylic acids is 1. The van der Waals surface area contributed by atoms with Crippen LogP contribution in [0.4, 0.5) is 17.3 Å². The number of hydrogen-bond acceptors (Lipinski definition) is 7. The third-order valence-electron chi connectivity index (χ3n) is 5.67. The first-order valence-electron chi connectivity index (χ1n) is 10.9. The van der Waals surface area contributed by atoms with E-state index in [-0.39, 0.29) is 18.6 Å². The molecule has 0 radical (unpaired) electrons. The van der Waals surface area contributed by atoms with Crippen molar-refractivity contribution >= 4 is 29.3 Å². The SMILES string of the molecule is Nc1ccccc1NC(=O)c1cnc(N2CCN(C(/C=C/c3ccccc3)CO)CC2)nc1. The number of anilines is 3. The lowest BCUT2D eigenvalue weighted by Crippen LogP contribution is -2.51. The van der Waals surface area contributed by atoms with Crippen molar-refractivity contribution in [2.24, 2.45) is 0 Å². The molecule has 4 rings (SSSR count). The maximum Gasteiger partial charge on any atom is 0.258 e. The summed E-state index contributed by atoms with van der Waals surface area (Å²) in [6.45, 7) is 3.10. The Kier molecular flexibility index (Phi) is 7.29. The Hall–Kier alpha value is -3.75. The van der Waals surface area contributed by atoms with Crippen LogP contribution in [0.3, 0.4) is 0 Å². The van der Waals surface area contributed by atoms with Crippen molar-refractivity contribution in [3.63, 3.8) is 0 Å². The summed E-state index contributed by atoms with van der Waals surface area (Å²) in [4.78, 5) is 25.6. The van der Waals surface area contributed by atoms with E-state index in [0.717, 1.165) is 31.7 Å². The number of nitrogens with zero attached hydrogens (tertiary/aromatic N) is 4. The largest absolute Gasteiger partial charge is 0.397 e. The minimum Gasteiger partial charge on any atom is -0.397 e. The van der Waals surface area contributed by atoms with Gasteiger partial charge in [-0.25, -0.2) is 9.97 Å². The van der Waals surface area contributed by atoms with Gasteiger partial charge in [-0.05, 0) is 17.7 Å². The van der Waals surface area contributed by atoms with Crippen molar-refractivity contribution in [3.05, 3.63) is 84.2 Å². The summed E-state index contributed by atoms with van der Waals surface area (Å²) in [6.07, 6.45) is 7.15. The molecule has 1 aromatic heterocycles. The lowest BCUT2D eigenvalue weighted by molar-refractivity contribution is 0.102. The van der Waals surface area contributed by atoms with Crippen LogP contribution >= 0.6 is 0 Å².